The first kappa shape index (κ1) is 14.1. The third-order valence-corrected chi connectivity index (χ3v) is 5.73. The minimum Gasteiger partial charge on any atom is -0.292 e. The topological polar surface area (TPSA) is 34.1 Å². The third kappa shape index (κ3) is 4.11. The van der Waals surface area contributed by atoms with Crippen molar-refractivity contribution in [3.05, 3.63) is 20.8 Å². The lowest BCUT2D eigenvalue weighted by atomic mass is 10.2. The molecule has 0 N–H and O–H groups in total. The van der Waals surface area contributed by atoms with Crippen LogP contribution in [0.15, 0.2) is 15.9 Å². The minimum atomic E-state index is -1.04. The van der Waals surface area contributed by atoms with Crippen LogP contribution in [0.4, 0.5) is 0 Å². The zero-order chi connectivity index (χ0) is 12.1. The number of ketones is 1. The van der Waals surface area contributed by atoms with Crippen LogP contribution < -0.4 is 0 Å². The van der Waals surface area contributed by atoms with Gasteiger partial charge < -0.3 is 0 Å². The fraction of sp³-hybridized carbons (Fsp3) is 0.545. The summed E-state index contributed by atoms with van der Waals surface area (Å²) < 4.78 is 12.5. The Labute approximate surface area is 111 Å². The van der Waals surface area contributed by atoms with E-state index in [1.165, 1.54) is 11.3 Å². The van der Waals surface area contributed by atoms with Crippen LogP contribution in [0.25, 0.3) is 0 Å². The molecular formula is C11H15BrO2S2. The van der Waals surface area contributed by atoms with Crippen LogP contribution in [0.3, 0.4) is 0 Å². The predicted octanol–water partition coefficient (Wildman–Crippen LogP) is 3.49. The van der Waals surface area contributed by atoms with E-state index in [1.54, 1.807) is 0 Å². The lowest BCUT2D eigenvalue weighted by Gasteiger charge is -2.06. The Bertz CT molecular complexity index is 387. The van der Waals surface area contributed by atoms with E-state index in [9.17, 15) is 9.00 Å². The van der Waals surface area contributed by atoms with Gasteiger partial charge in [0.25, 0.3) is 0 Å². The molecule has 0 aliphatic heterocycles. The summed E-state index contributed by atoms with van der Waals surface area (Å²) in [5.74, 6) is 1.15. The highest BCUT2D eigenvalue weighted by molar-refractivity contribution is 9.10. The van der Waals surface area contributed by atoms with Crippen LogP contribution in [0.5, 0.6) is 0 Å². The van der Waals surface area contributed by atoms with Gasteiger partial charge in [-0.25, -0.2) is 0 Å². The number of carbonyl (C=O) groups is 1. The second kappa shape index (κ2) is 6.67. The highest BCUT2D eigenvalue weighted by Gasteiger charge is 2.16. The van der Waals surface area contributed by atoms with Gasteiger partial charge in [0.05, 0.1) is 10.6 Å². The Morgan fingerprint density at radius 1 is 1.62 bits per heavy atom. The number of rotatable bonds is 6. The van der Waals surface area contributed by atoms with Crippen molar-refractivity contribution in [1.29, 1.82) is 0 Å². The summed E-state index contributed by atoms with van der Waals surface area (Å²) in [5.41, 5.74) is 0. The van der Waals surface area contributed by atoms with E-state index < -0.39 is 10.8 Å². The molecule has 0 saturated carbocycles. The van der Waals surface area contributed by atoms with E-state index in [4.69, 9.17) is 0 Å². The molecule has 0 spiro atoms. The van der Waals surface area contributed by atoms with Gasteiger partial charge in [0, 0.05) is 21.0 Å². The van der Waals surface area contributed by atoms with E-state index in [0.29, 0.717) is 16.5 Å². The van der Waals surface area contributed by atoms with Gasteiger partial charge in [0.2, 0.25) is 0 Å². The monoisotopic (exact) mass is 322 g/mol. The molecule has 0 amide bonds. The highest BCUT2D eigenvalue weighted by atomic mass is 79.9. The summed E-state index contributed by atoms with van der Waals surface area (Å²) >= 11 is 4.71. The van der Waals surface area contributed by atoms with Gasteiger partial charge in [0.1, 0.15) is 0 Å². The highest BCUT2D eigenvalue weighted by Crippen LogP contribution is 2.23. The van der Waals surface area contributed by atoms with Gasteiger partial charge >= 0.3 is 0 Å². The molecule has 2 nitrogen and oxygen atoms in total. The fourth-order valence-electron chi connectivity index (χ4n) is 1.20. The number of hydrogen-bond donors (Lipinski definition) is 0. The van der Waals surface area contributed by atoms with Crippen molar-refractivity contribution in [3.8, 4) is 0 Å². The van der Waals surface area contributed by atoms with Crippen molar-refractivity contribution >= 4 is 43.8 Å². The molecule has 90 valence electrons. The summed E-state index contributed by atoms with van der Waals surface area (Å²) in [6, 6.07) is 1.84. The second-order valence-electron chi connectivity index (χ2n) is 3.79. The molecule has 1 heterocycles. The third-order valence-electron chi connectivity index (χ3n) is 2.33. The molecule has 16 heavy (non-hydrogen) atoms. The Kier molecular flexibility index (Phi) is 5.86. The SMILES string of the molecule is CCC(C)CS(=O)CC(=O)c1sccc1Br. The quantitative estimate of drug-likeness (QED) is 0.751. The minimum absolute atomic E-state index is 0.0245. The molecule has 0 fully saturated rings. The van der Waals surface area contributed by atoms with Crippen LogP contribution >= 0.6 is 27.3 Å². The maximum atomic E-state index is 11.8. The van der Waals surface area contributed by atoms with E-state index in [-0.39, 0.29) is 11.5 Å². The Balaban J connectivity index is 2.52. The second-order valence-corrected chi connectivity index (χ2v) is 7.06. The van der Waals surface area contributed by atoms with Crippen molar-refractivity contribution < 1.29 is 9.00 Å². The Morgan fingerprint density at radius 3 is 2.81 bits per heavy atom. The van der Waals surface area contributed by atoms with Gasteiger partial charge in [-0.05, 0) is 33.3 Å². The van der Waals surface area contributed by atoms with Crippen molar-refractivity contribution in [2.45, 2.75) is 20.3 Å². The summed E-state index contributed by atoms with van der Waals surface area (Å²) in [4.78, 5) is 12.5. The number of Topliss-reactive ketones (excluding diaryl/α,β-unsaturated/α-hetero) is 1. The van der Waals surface area contributed by atoms with Crippen LogP contribution in [0.2, 0.25) is 0 Å². The molecular weight excluding hydrogens is 308 g/mol. The summed E-state index contributed by atoms with van der Waals surface area (Å²) in [6.45, 7) is 4.13. The average Bonchev–Trinajstić information content (AvgIpc) is 2.63. The fourth-order valence-corrected chi connectivity index (χ4v) is 4.25. The molecule has 2 atom stereocenters. The summed E-state index contributed by atoms with van der Waals surface area (Å²) in [5, 5.41) is 1.86. The zero-order valence-electron chi connectivity index (χ0n) is 9.36. The van der Waals surface area contributed by atoms with Crippen molar-refractivity contribution in [3.63, 3.8) is 0 Å². The number of thiophene rings is 1. The molecule has 0 aliphatic carbocycles. The first-order chi connectivity index (χ1) is 7.54. The van der Waals surface area contributed by atoms with Gasteiger partial charge in [0.15, 0.2) is 5.78 Å². The van der Waals surface area contributed by atoms with Gasteiger partial charge in [-0.15, -0.1) is 11.3 Å². The van der Waals surface area contributed by atoms with Crippen LogP contribution in [0, 0.1) is 5.92 Å². The molecule has 0 radical (unpaired) electrons. The lowest BCUT2D eigenvalue weighted by molar-refractivity contribution is 0.102. The Morgan fingerprint density at radius 2 is 2.31 bits per heavy atom. The number of halogens is 1. The normalized spacial score (nSPS) is 14.7. The molecule has 0 aliphatic rings. The van der Waals surface area contributed by atoms with Gasteiger partial charge in [-0.1, -0.05) is 20.3 Å². The van der Waals surface area contributed by atoms with Crippen LogP contribution in [0.1, 0.15) is 29.9 Å². The maximum Gasteiger partial charge on any atom is 0.186 e. The molecule has 0 bridgehead atoms. The van der Waals surface area contributed by atoms with Crippen LogP contribution in [-0.4, -0.2) is 21.5 Å². The first-order valence-corrected chi connectivity index (χ1v) is 8.31. The van der Waals surface area contributed by atoms with E-state index >= 15 is 0 Å². The van der Waals surface area contributed by atoms with Gasteiger partial charge in [-0.3, -0.25) is 9.00 Å². The largest absolute Gasteiger partial charge is 0.292 e. The van der Waals surface area contributed by atoms with E-state index in [2.05, 4.69) is 29.8 Å². The number of hydrogen-bond acceptors (Lipinski definition) is 3. The average molecular weight is 323 g/mol. The molecule has 0 saturated heterocycles. The number of carbonyl (C=O) groups excluding carboxylic acids is 1. The van der Waals surface area contributed by atoms with Crippen molar-refractivity contribution in [1.82, 2.24) is 0 Å². The smallest absolute Gasteiger partial charge is 0.186 e. The van der Waals surface area contributed by atoms with Gasteiger partial charge in [-0.2, -0.15) is 0 Å². The van der Waals surface area contributed by atoms with E-state index in [0.717, 1.165) is 10.9 Å². The molecule has 2 unspecified atom stereocenters. The standard InChI is InChI=1S/C11H15BrO2S2/c1-3-8(2)6-16(14)7-10(13)11-9(12)4-5-15-11/h4-5,8H,3,6-7H2,1-2H3. The predicted molar refractivity (Wildman–Crippen MR) is 73.7 cm³/mol. The molecule has 1 aromatic rings. The van der Waals surface area contributed by atoms with Crippen molar-refractivity contribution in [2.75, 3.05) is 11.5 Å². The molecule has 5 heteroatoms. The summed E-state index contributed by atoms with van der Waals surface area (Å²) in [6.07, 6.45) is 1.00. The van der Waals surface area contributed by atoms with E-state index in [1.807, 2.05) is 11.4 Å². The van der Waals surface area contributed by atoms with Crippen molar-refractivity contribution in [2.24, 2.45) is 5.92 Å². The zero-order valence-corrected chi connectivity index (χ0v) is 12.6. The molecule has 1 rings (SSSR count). The summed E-state index contributed by atoms with van der Waals surface area (Å²) in [7, 11) is -1.04. The molecule has 1 aromatic heterocycles. The maximum absolute atomic E-state index is 11.8. The van der Waals surface area contributed by atoms with Crippen LogP contribution in [-0.2, 0) is 10.8 Å². The Hall–Kier alpha value is -0.000000000000000111. The molecule has 0 aromatic carbocycles. The first-order valence-electron chi connectivity index (χ1n) is 5.15. The lowest BCUT2D eigenvalue weighted by Crippen LogP contribution is -2.16.